The average molecular weight is 617 g/mol. The van der Waals surface area contributed by atoms with Crippen LogP contribution in [0.15, 0.2) is 123 Å². The zero-order chi connectivity index (χ0) is 32.8. The second-order valence-electron chi connectivity index (χ2n) is 10.5. The molecular formula is C39H38NO6+. The molecule has 0 aliphatic carbocycles. The largest absolute Gasteiger partial charge is 0.456 e. The third kappa shape index (κ3) is 9.00. The second kappa shape index (κ2) is 16.5. The summed E-state index contributed by atoms with van der Waals surface area (Å²) in [5, 5.41) is 0. The van der Waals surface area contributed by atoms with Gasteiger partial charge < -0.3 is 14.2 Å². The van der Waals surface area contributed by atoms with Crippen molar-refractivity contribution in [3.63, 3.8) is 0 Å². The van der Waals surface area contributed by atoms with E-state index in [-0.39, 0.29) is 24.3 Å². The molecular weight excluding hydrogens is 578 g/mol. The van der Waals surface area contributed by atoms with Crippen molar-refractivity contribution in [2.45, 2.75) is 0 Å². The van der Waals surface area contributed by atoms with Crippen molar-refractivity contribution in [1.29, 1.82) is 0 Å². The van der Waals surface area contributed by atoms with E-state index in [1.54, 1.807) is 91.0 Å². The Kier molecular flexibility index (Phi) is 12.0. The number of hydrogen-bond acceptors (Lipinski definition) is 6. The van der Waals surface area contributed by atoms with Crippen LogP contribution in [-0.2, 0) is 14.2 Å². The van der Waals surface area contributed by atoms with Crippen molar-refractivity contribution < 1.29 is 28.6 Å². The fourth-order valence-corrected chi connectivity index (χ4v) is 4.92. The summed E-state index contributed by atoms with van der Waals surface area (Å²) in [5.41, 5.74) is 4.87. The molecule has 0 saturated heterocycles. The lowest BCUT2D eigenvalue weighted by atomic mass is 10.1. The smallest absolute Gasteiger partial charge is 0.338 e. The van der Waals surface area contributed by atoms with Gasteiger partial charge in [0.1, 0.15) is 45.1 Å². The molecule has 0 bridgehead atoms. The Morgan fingerprint density at radius 1 is 0.478 bits per heavy atom. The number of hydrogen-bond donors (Lipinski definition) is 0. The van der Waals surface area contributed by atoms with Crippen LogP contribution in [0.2, 0.25) is 0 Å². The number of carbonyl (C=O) groups excluding carboxylic acids is 3. The molecule has 46 heavy (non-hydrogen) atoms. The van der Waals surface area contributed by atoms with Crippen LogP contribution >= 0.6 is 0 Å². The lowest BCUT2D eigenvalue weighted by Crippen LogP contribution is -2.55. The highest BCUT2D eigenvalue weighted by molar-refractivity contribution is 5.90. The highest BCUT2D eigenvalue weighted by Gasteiger charge is 2.32. The number of carbonyl (C=O) groups is 3. The van der Waals surface area contributed by atoms with Crippen LogP contribution in [0, 0.1) is 0 Å². The molecule has 0 atom stereocenters. The molecule has 0 fully saturated rings. The molecule has 234 valence electrons. The van der Waals surface area contributed by atoms with Crippen molar-refractivity contribution in [3.8, 4) is 0 Å². The maximum atomic E-state index is 12.9. The molecule has 7 heteroatoms. The van der Waals surface area contributed by atoms with E-state index in [1.807, 2.05) is 30.3 Å². The number of ether oxygens (including phenoxy) is 3. The minimum atomic E-state index is -0.453. The van der Waals surface area contributed by atoms with Crippen LogP contribution in [0.1, 0.15) is 47.8 Å². The third-order valence-corrected chi connectivity index (χ3v) is 7.71. The summed E-state index contributed by atoms with van der Waals surface area (Å²) >= 11 is 0. The van der Waals surface area contributed by atoms with E-state index >= 15 is 0 Å². The summed E-state index contributed by atoms with van der Waals surface area (Å²) in [6.07, 6.45) is 5.10. The lowest BCUT2D eigenvalue weighted by molar-refractivity contribution is 0.0340. The van der Waals surface area contributed by atoms with Crippen LogP contribution in [-0.4, -0.2) is 57.4 Å². The van der Waals surface area contributed by atoms with E-state index in [2.05, 4.69) is 19.7 Å². The van der Waals surface area contributed by atoms with Crippen molar-refractivity contribution in [2.75, 3.05) is 39.5 Å². The van der Waals surface area contributed by atoms with E-state index in [9.17, 15) is 14.4 Å². The zero-order valence-corrected chi connectivity index (χ0v) is 25.8. The molecule has 0 unspecified atom stereocenters. The predicted molar refractivity (Wildman–Crippen MR) is 183 cm³/mol. The Morgan fingerprint density at radius 2 is 0.783 bits per heavy atom. The predicted octanol–water partition coefficient (Wildman–Crippen LogP) is 7.49. The van der Waals surface area contributed by atoms with Crippen molar-refractivity contribution in [3.05, 3.63) is 156 Å². The summed E-state index contributed by atoms with van der Waals surface area (Å²) in [4.78, 5) is 38.6. The molecule has 0 aliphatic rings. The van der Waals surface area contributed by atoms with Gasteiger partial charge in [-0.25, -0.2) is 14.4 Å². The molecule has 0 radical (unpaired) electrons. The van der Waals surface area contributed by atoms with Gasteiger partial charge in [-0.1, -0.05) is 92.6 Å². The first-order valence-corrected chi connectivity index (χ1v) is 15.0. The first-order chi connectivity index (χ1) is 22.4. The van der Waals surface area contributed by atoms with E-state index < -0.39 is 17.9 Å². The average Bonchev–Trinajstić information content (AvgIpc) is 3.11. The highest BCUT2D eigenvalue weighted by atomic mass is 16.5. The standard InChI is InChI=1S/C39H38NO6/c1-4-30-12-18-33(19-13-30)37(41)44-27-24-40(36-10-8-7-9-11-36,25-28-45-38(42)34-20-14-31(5-2)15-21-34)26-29-46-39(43)35-22-16-32(6-3)17-23-35/h4-23H,1-3,24-29H2/q+1. The normalized spacial score (nSPS) is 10.8. The second-order valence-corrected chi connectivity index (χ2v) is 10.5. The molecule has 0 saturated carbocycles. The van der Waals surface area contributed by atoms with Gasteiger partial charge in [0.2, 0.25) is 0 Å². The summed E-state index contributed by atoms with van der Waals surface area (Å²) < 4.78 is 17.3. The maximum Gasteiger partial charge on any atom is 0.338 e. The molecule has 0 heterocycles. The summed E-state index contributed by atoms with van der Waals surface area (Å²) in [6.45, 7) is 12.5. The van der Waals surface area contributed by atoms with Gasteiger partial charge in [0.05, 0.1) is 16.7 Å². The Bertz CT molecular complexity index is 1470. The van der Waals surface area contributed by atoms with Gasteiger partial charge in [0, 0.05) is 0 Å². The van der Waals surface area contributed by atoms with Gasteiger partial charge in [-0.15, -0.1) is 0 Å². The Hall–Kier alpha value is -5.53. The topological polar surface area (TPSA) is 78.9 Å². The summed E-state index contributed by atoms with van der Waals surface area (Å²) in [6, 6.07) is 30.6. The molecule has 0 N–H and O–H groups in total. The van der Waals surface area contributed by atoms with Crippen molar-refractivity contribution in [1.82, 2.24) is 4.48 Å². The Morgan fingerprint density at radius 3 is 1.07 bits per heavy atom. The molecule has 0 aromatic heterocycles. The first kappa shape index (κ1) is 33.4. The van der Waals surface area contributed by atoms with Crippen LogP contribution in [0.3, 0.4) is 0 Å². The molecule has 4 aromatic carbocycles. The minimum Gasteiger partial charge on any atom is -0.456 e. The number of benzene rings is 4. The van der Waals surface area contributed by atoms with Crippen LogP contribution in [0.4, 0.5) is 5.69 Å². The molecule has 7 nitrogen and oxygen atoms in total. The summed E-state index contributed by atoms with van der Waals surface area (Å²) in [5.74, 6) is -1.36. The lowest BCUT2D eigenvalue weighted by Gasteiger charge is -2.37. The van der Waals surface area contributed by atoms with Gasteiger partial charge in [-0.3, -0.25) is 4.48 Å². The van der Waals surface area contributed by atoms with Gasteiger partial charge in [0.25, 0.3) is 0 Å². The highest BCUT2D eigenvalue weighted by Crippen LogP contribution is 2.24. The first-order valence-electron chi connectivity index (χ1n) is 15.0. The summed E-state index contributed by atoms with van der Waals surface area (Å²) in [7, 11) is 0. The van der Waals surface area contributed by atoms with E-state index in [4.69, 9.17) is 14.2 Å². The molecule has 4 rings (SSSR count). The fourth-order valence-electron chi connectivity index (χ4n) is 4.92. The van der Waals surface area contributed by atoms with Crippen LogP contribution in [0.25, 0.3) is 18.2 Å². The number of nitrogens with zero attached hydrogens (tertiary/aromatic N) is 1. The zero-order valence-electron chi connectivity index (χ0n) is 25.8. The quantitative estimate of drug-likeness (QED) is 0.0737. The number of quaternary nitrogens is 1. The molecule has 4 aromatic rings. The molecule has 0 aliphatic heterocycles. The van der Waals surface area contributed by atoms with Gasteiger partial charge in [0.15, 0.2) is 0 Å². The molecule has 0 amide bonds. The maximum absolute atomic E-state index is 12.9. The van der Waals surface area contributed by atoms with Gasteiger partial charge in [-0.2, -0.15) is 0 Å². The van der Waals surface area contributed by atoms with Gasteiger partial charge in [-0.05, 0) is 65.2 Å². The number of rotatable bonds is 16. The fraction of sp³-hybridized carbons (Fsp3) is 0.154. The minimum absolute atomic E-state index is 0.0743. The van der Waals surface area contributed by atoms with E-state index in [1.165, 1.54) is 0 Å². The van der Waals surface area contributed by atoms with Crippen molar-refractivity contribution >= 4 is 41.8 Å². The Balaban J connectivity index is 1.51. The Labute approximate surface area is 270 Å². The number of para-hydroxylation sites is 1. The SMILES string of the molecule is C=Cc1ccc(C(=O)OCC[N+](CCOC(=O)c2ccc(C=C)cc2)(CCOC(=O)c2ccc(C=C)cc2)c2ccccc2)cc1. The van der Waals surface area contributed by atoms with Gasteiger partial charge >= 0.3 is 17.9 Å². The van der Waals surface area contributed by atoms with Crippen LogP contribution < -0.4 is 4.48 Å². The molecule has 0 spiro atoms. The van der Waals surface area contributed by atoms with Crippen LogP contribution in [0.5, 0.6) is 0 Å². The van der Waals surface area contributed by atoms with E-state index in [0.29, 0.717) is 36.3 Å². The monoisotopic (exact) mass is 616 g/mol. The van der Waals surface area contributed by atoms with E-state index in [0.717, 1.165) is 22.4 Å². The third-order valence-electron chi connectivity index (χ3n) is 7.71. The van der Waals surface area contributed by atoms with Crippen molar-refractivity contribution in [2.24, 2.45) is 0 Å². The number of esters is 3.